The topological polar surface area (TPSA) is 8.81 Å². The van der Waals surface area contributed by atoms with E-state index in [9.17, 15) is 0 Å². The Morgan fingerprint density at radius 3 is 2.73 bits per heavy atom. The summed E-state index contributed by atoms with van der Waals surface area (Å²) in [4.78, 5) is 0. The van der Waals surface area contributed by atoms with E-state index < -0.39 is 0 Å². The molecule has 1 heterocycles. The minimum atomic E-state index is 1.17. The molecule has 0 spiro atoms. The van der Waals surface area contributed by atoms with Crippen LogP contribution in [0.15, 0.2) is 18.7 Å². The molecule has 0 radical (unpaired) electrons. The normalized spacial score (nSPS) is 10.8. The second-order valence-electron chi connectivity index (χ2n) is 3.91. The molecule has 15 heavy (non-hydrogen) atoms. The maximum Gasteiger partial charge on any atom is 0.255 e. The van der Waals surface area contributed by atoms with Gasteiger partial charge in [0.05, 0.1) is 18.5 Å². The van der Waals surface area contributed by atoms with Gasteiger partial charge in [-0.25, -0.2) is 4.57 Å². The third-order valence-electron chi connectivity index (χ3n) is 2.38. The zero-order valence-corrected chi connectivity index (χ0v) is 10.8. The summed E-state index contributed by atoms with van der Waals surface area (Å²) in [6.07, 6.45) is 13.1. The molecular weight excluding hydrogens is 204 g/mol. The highest BCUT2D eigenvalue weighted by atomic mass is 32.2. The van der Waals surface area contributed by atoms with Gasteiger partial charge in [0.2, 0.25) is 0 Å². The molecule has 0 unspecified atom stereocenters. The van der Waals surface area contributed by atoms with Gasteiger partial charge in [-0.1, -0.05) is 26.7 Å². The van der Waals surface area contributed by atoms with Crippen molar-refractivity contribution in [1.82, 2.24) is 4.57 Å². The zero-order chi connectivity index (χ0) is 10.9. The number of rotatable bonds is 8. The van der Waals surface area contributed by atoms with E-state index in [1.54, 1.807) is 0 Å². The number of aromatic nitrogens is 2. The smallest absolute Gasteiger partial charge is 0.236 e. The zero-order valence-electron chi connectivity index (χ0n) is 9.98. The molecule has 0 fully saturated rings. The fourth-order valence-electron chi connectivity index (χ4n) is 1.50. The second kappa shape index (κ2) is 7.80. The molecule has 86 valence electrons. The van der Waals surface area contributed by atoms with Crippen LogP contribution in [-0.4, -0.2) is 10.3 Å². The van der Waals surface area contributed by atoms with Gasteiger partial charge in [-0.15, -0.1) is 0 Å². The molecule has 1 rings (SSSR count). The van der Waals surface area contributed by atoms with Crippen molar-refractivity contribution in [2.75, 3.05) is 5.75 Å². The third-order valence-corrected chi connectivity index (χ3v) is 3.49. The lowest BCUT2D eigenvalue weighted by Gasteiger charge is -1.96. The molecular formula is C12H23N2S+. The van der Waals surface area contributed by atoms with Crippen LogP contribution in [0.5, 0.6) is 0 Å². The highest BCUT2D eigenvalue weighted by molar-refractivity contribution is 7.92. The van der Waals surface area contributed by atoms with E-state index in [0.29, 0.717) is 0 Å². The van der Waals surface area contributed by atoms with Crippen LogP contribution in [0.1, 0.15) is 46.0 Å². The molecule has 0 aliphatic heterocycles. The second-order valence-corrected chi connectivity index (χ2v) is 4.99. The Morgan fingerprint density at radius 2 is 2.00 bits per heavy atom. The van der Waals surface area contributed by atoms with Gasteiger partial charge in [0.1, 0.15) is 12.4 Å². The van der Waals surface area contributed by atoms with E-state index in [4.69, 9.17) is 0 Å². The fraction of sp³-hybridized carbons (Fsp3) is 0.750. The Morgan fingerprint density at radius 1 is 1.13 bits per heavy atom. The SMILES string of the molecule is CCCCCCn1cc[n+](SCCC)c1. The average molecular weight is 227 g/mol. The van der Waals surface area contributed by atoms with Crippen LogP contribution in [0.2, 0.25) is 0 Å². The van der Waals surface area contributed by atoms with E-state index in [1.165, 1.54) is 44.4 Å². The summed E-state index contributed by atoms with van der Waals surface area (Å²) in [5, 5.41) is 0. The molecule has 1 aromatic rings. The summed E-state index contributed by atoms with van der Waals surface area (Å²) in [5.41, 5.74) is 0. The van der Waals surface area contributed by atoms with Crippen molar-refractivity contribution in [3.8, 4) is 0 Å². The Labute approximate surface area is 97.8 Å². The molecule has 0 bridgehead atoms. The summed E-state index contributed by atoms with van der Waals surface area (Å²) >= 11 is 1.88. The van der Waals surface area contributed by atoms with Gasteiger partial charge in [0.15, 0.2) is 0 Å². The average Bonchev–Trinajstić information content (AvgIpc) is 2.69. The molecule has 0 atom stereocenters. The summed E-state index contributed by atoms with van der Waals surface area (Å²) in [7, 11) is 0. The fourth-order valence-corrected chi connectivity index (χ4v) is 2.22. The van der Waals surface area contributed by atoms with Gasteiger partial charge in [-0.05, 0) is 19.3 Å². The molecule has 0 aliphatic rings. The standard InChI is InChI=1S/C12H23N2S/c1-3-5-6-7-8-13-9-10-14(12-13)15-11-4-2/h9-10,12H,3-8,11H2,1-2H3/q+1. The Hall–Kier alpha value is -0.440. The van der Waals surface area contributed by atoms with Crippen molar-refractivity contribution >= 4 is 11.9 Å². The van der Waals surface area contributed by atoms with Crippen LogP contribution in [0.25, 0.3) is 0 Å². The van der Waals surface area contributed by atoms with E-state index in [1.807, 2.05) is 11.9 Å². The number of hydrogen-bond acceptors (Lipinski definition) is 1. The van der Waals surface area contributed by atoms with Crippen LogP contribution < -0.4 is 3.97 Å². The highest BCUT2D eigenvalue weighted by Gasteiger charge is 2.03. The summed E-state index contributed by atoms with van der Waals surface area (Å²) in [5.74, 6) is 1.20. The Balaban J connectivity index is 2.20. The van der Waals surface area contributed by atoms with E-state index in [-0.39, 0.29) is 0 Å². The first kappa shape index (κ1) is 12.6. The van der Waals surface area contributed by atoms with E-state index in [2.05, 4.69) is 41.1 Å². The molecule has 0 saturated heterocycles. The van der Waals surface area contributed by atoms with Crippen molar-refractivity contribution in [2.45, 2.75) is 52.5 Å². The van der Waals surface area contributed by atoms with Crippen LogP contribution in [-0.2, 0) is 6.54 Å². The van der Waals surface area contributed by atoms with E-state index >= 15 is 0 Å². The lowest BCUT2D eigenvalue weighted by molar-refractivity contribution is -0.493. The van der Waals surface area contributed by atoms with Crippen LogP contribution in [0, 0.1) is 0 Å². The van der Waals surface area contributed by atoms with Crippen molar-refractivity contribution in [1.29, 1.82) is 0 Å². The predicted molar refractivity (Wildman–Crippen MR) is 66.9 cm³/mol. The van der Waals surface area contributed by atoms with Gasteiger partial charge in [0, 0.05) is 5.75 Å². The summed E-state index contributed by atoms with van der Waals surface area (Å²) in [6, 6.07) is 0. The monoisotopic (exact) mass is 227 g/mol. The molecule has 3 heteroatoms. The first-order valence-corrected chi connectivity index (χ1v) is 7.01. The number of nitrogens with zero attached hydrogens (tertiary/aromatic N) is 2. The third kappa shape index (κ3) is 5.26. The quantitative estimate of drug-likeness (QED) is 0.489. The van der Waals surface area contributed by atoms with Crippen molar-refractivity contribution < 1.29 is 3.97 Å². The number of unbranched alkanes of at least 4 members (excludes halogenated alkanes) is 3. The lowest BCUT2D eigenvalue weighted by atomic mass is 10.2. The minimum absolute atomic E-state index is 1.17. The molecule has 1 aromatic heterocycles. The van der Waals surface area contributed by atoms with Crippen molar-refractivity contribution in [3.63, 3.8) is 0 Å². The highest BCUT2D eigenvalue weighted by Crippen LogP contribution is 2.02. The molecule has 0 N–H and O–H groups in total. The molecule has 0 saturated carbocycles. The van der Waals surface area contributed by atoms with Gasteiger partial charge < -0.3 is 0 Å². The first-order valence-electron chi connectivity index (χ1n) is 6.07. The summed E-state index contributed by atoms with van der Waals surface area (Å²) in [6.45, 7) is 5.64. The minimum Gasteiger partial charge on any atom is -0.236 e. The predicted octanol–water partition coefficient (Wildman–Crippen LogP) is 3.26. The van der Waals surface area contributed by atoms with Gasteiger partial charge in [0.25, 0.3) is 6.33 Å². The van der Waals surface area contributed by atoms with Crippen molar-refractivity contribution in [3.05, 3.63) is 18.7 Å². The van der Waals surface area contributed by atoms with Crippen LogP contribution >= 0.6 is 11.9 Å². The van der Waals surface area contributed by atoms with Crippen LogP contribution in [0.3, 0.4) is 0 Å². The van der Waals surface area contributed by atoms with Gasteiger partial charge in [-0.3, -0.25) is 0 Å². The molecule has 2 nitrogen and oxygen atoms in total. The molecule has 0 amide bonds. The maximum absolute atomic E-state index is 2.29. The van der Waals surface area contributed by atoms with Gasteiger partial charge >= 0.3 is 0 Å². The largest absolute Gasteiger partial charge is 0.255 e. The van der Waals surface area contributed by atoms with Crippen molar-refractivity contribution in [2.24, 2.45) is 0 Å². The molecule has 0 aliphatic carbocycles. The maximum atomic E-state index is 2.29. The van der Waals surface area contributed by atoms with Gasteiger partial charge in [-0.2, -0.15) is 3.97 Å². The first-order chi connectivity index (χ1) is 7.36. The molecule has 0 aromatic carbocycles. The number of imidazole rings is 1. The van der Waals surface area contributed by atoms with E-state index in [0.717, 1.165) is 0 Å². The summed E-state index contributed by atoms with van der Waals surface area (Å²) < 4.78 is 4.50. The Bertz CT molecular complexity index is 258. The Kier molecular flexibility index (Phi) is 6.57. The van der Waals surface area contributed by atoms with Crippen LogP contribution in [0.4, 0.5) is 0 Å². The lowest BCUT2D eigenvalue weighted by Crippen LogP contribution is -2.22. The number of hydrogen-bond donors (Lipinski definition) is 0. The number of aryl methyl sites for hydroxylation is 1.